The predicted octanol–water partition coefficient (Wildman–Crippen LogP) is 5.67. The number of para-hydroxylation sites is 3. The third kappa shape index (κ3) is 4.02. The summed E-state index contributed by atoms with van der Waals surface area (Å²) in [7, 11) is 0. The van der Waals surface area contributed by atoms with Crippen molar-refractivity contribution in [3.63, 3.8) is 0 Å². The molecule has 3 aromatic carbocycles. The highest BCUT2D eigenvalue weighted by Crippen LogP contribution is 2.32. The van der Waals surface area contributed by atoms with E-state index >= 15 is 0 Å². The summed E-state index contributed by atoms with van der Waals surface area (Å²) < 4.78 is 7.33. The molecule has 5 nitrogen and oxygen atoms in total. The molecule has 0 aliphatic heterocycles. The molecule has 0 radical (unpaired) electrons. The molecule has 4 rings (SSSR count). The molecule has 0 fully saturated rings. The summed E-state index contributed by atoms with van der Waals surface area (Å²) in [6, 6.07) is 18.6. The molecule has 4 aromatic rings. The topological polar surface area (TPSA) is 64.3 Å². The Balaban J connectivity index is 1.93. The zero-order chi connectivity index (χ0) is 22.8. The summed E-state index contributed by atoms with van der Waals surface area (Å²) in [4.78, 5) is 18.3. The van der Waals surface area contributed by atoms with Crippen molar-refractivity contribution >= 4 is 23.1 Å². The van der Waals surface area contributed by atoms with Gasteiger partial charge in [-0.15, -0.1) is 0 Å². The first-order valence-corrected chi connectivity index (χ1v) is 10.6. The number of aromatic hydroxyl groups is 1. The number of benzene rings is 3. The summed E-state index contributed by atoms with van der Waals surface area (Å²) in [5.74, 6) is 0.959. The molecule has 32 heavy (non-hydrogen) atoms. The van der Waals surface area contributed by atoms with E-state index < -0.39 is 0 Å². The van der Waals surface area contributed by atoms with E-state index in [0.29, 0.717) is 28.0 Å². The average Bonchev–Trinajstić information content (AvgIpc) is 2.75. The first kappa shape index (κ1) is 21.4. The Labute approximate surface area is 187 Å². The highest BCUT2D eigenvalue weighted by atomic mass is 16.5. The number of ether oxygens (including phenoxy) is 1. The fourth-order valence-corrected chi connectivity index (χ4v) is 3.82. The van der Waals surface area contributed by atoms with Gasteiger partial charge in [-0.05, 0) is 69.2 Å². The largest absolute Gasteiger partial charge is 0.504 e. The van der Waals surface area contributed by atoms with E-state index in [9.17, 15) is 9.90 Å². The third-order valence-electron chi connectivity index (χ3n) is 5.27. The zero-order valence-electron chi connectivity index (χ0n) is 18.7. The third-order valence-corrected chi connectivity index (χ3v) is 5.27. The Kier molecular flexibility index (Phi) is 5.82. The van der Waals surface area contributed by atoms with Crippen molar-refractivity contribution in [3.05, 3.63) is 93.5 Å². The lowest BCUT2D eigenvalue weighted by molar-refractivity contribution is 0.232. The van der Waals surface area contributed by atoms with Crippen LogP contribution in [0.5, 0.6) is 11.5 Å². The highest BCUT2D eigenvalue weighted by molar-refractivity contribution is 5.81. The van der Waals surface area contributed by atoms with Crippen LogP contribution >= 0.6 is 0 Å². The molecule has 0 amide bonds. The maximum atomic E-state index is 13.5. The molecule has 0 atom stereocenters. The van der Waals surface area contributed by atoms with Crippen molar-refractivity contribution in [3.8, 4) is 17.2 Å². The number of nitrogens with zero attached hydrogens (tertiary/aromatic N) is 2. The van der Waals surface area contributed by atoms with Gasteiger partial charge >= 0.3 is 0 Å². The minimum atomic E-state index is -0.131. The molecule has 162 valence electrons. The molecule has 0 unspecified atom stereocenters. The van der Waals surface area contributed by atoms with Gasteiger partial charge in [0.25, 0.3) is 5.56 Å². The summed E-state index contributed by atoms with van der Waals surface area (Å²) in [6.45, 7) is 7.78. The highest BCUT2D eigenvalue weighted by Gasteiger charge is 2.15. The van der Waals surface area contributed by atoms with Crippen LogP contribution in [0.25, 0.3) is 28.7 Å². The van der Waals surface area contributed by atoms with E-state index in [4.69, 9.17) is 9.72 Å². The van der Waals surface area contributed by atoms with Gasteiger partial charge < -0.3 is 9.84 Å². The quantitative estimate of drug-likeness (QED) is 0.447. The Morgan fingerprint density at radius 3 is 2.34 bits per heavy atom. The van der Waals surface area contributed by atoms with E-state index in [1.807, 2.05) is 70.2 Å². The molecule has 0 saturated heterocycles. The fraction of sp³-hybridized carbons (Fsp3) is 0.185. The van der Waals surface area contributed by atoms with Gasteiger partial charge in [-0.1, -0.05) is 42.5 Å². The molecule has 0 saturated carbocycles. The Morgan fingerprint density at radius 2 is 1.62 bits per heavy atom. The lowest BCUT2D eigenvalue weighted by Gasteiger charge is -2.16. The molecule has 0 bridgehead atoms. The van der Waals surface area contributed by atoms with Crippen LogP contribution in [0.15, 0.2) is 65.5 Å². The van der Waals surface area contributed by atoms with Gasteiger partial charge in [0, 0.05) is 5.56 Å². The lowest BCUT2D eigenvalue weighted by atomic mass is 10.1. The second-order valence-corrected chi connectivity index (χ2v) is 8.06. The molecule has 1 heterocycles. The van der Waals surface area contributed by atoms with Crippen LogP contribution in [-0.4, -0.2) is 20.8 Å². The summed E-state index contributed by atoms with van der Waals surface area (Å²) in [5, 5.41) is 11.2. The molecule has 5 heteroatoms. The summed E-state index contributed by atoms with van der Waals surface area (Å²) >= 11 is 0. The zero-order valence-corrected chi connectivity index (χ0v) is 18.7. The summed E-state index contributed by atoms with van der Waals surface area (Å²) in [5.41, 5.74) is 3.85. The van der Waals surface area contributed by atoms with Gasteiger partial charge in [0.1, 0.15) is 5.82 Å². The van der Waals surface area contributed by atoms with Crippen LogP contribution in [0, 0.1) is 13.8 Å². The van der Waals surface area contributed by atoms with Crippen LogP contribution in [0.4, 0.5) is 0 Å². The summed E-state index contributed by atoms with van der Waals surface area (Å²) in [6.07, 6.45) is 3.45. The number of fused-ring (bicyclic) bond motifs is 1. The van der Waals surface area contributed by atoms with Crippen molar-refractivity contribution in [2.75, 3.05) is 0 Å². The molecular formula is C27H26N2O3. The van der Waals surface area contributed by atoms with Gasteiger partial charge in [0.2, 0.25) is 0 Å². The predicted molar refractivity (Wildman–Crippen MR) is 130 cm³/mol. The SMILES string of the molecule is Cc1cccc(C)c1-n1c(/C=C/c2cccc(OC(C)C)c2O)nc2ccccc2c1=O. The van der Waals surface area contributed by atoms with Gasteiger partial charge in [0.05, 0.1) is 22.7 Å². The normalized spacial score (nSPS) is 11.5. The van der Waals surface area contributed by atoms with Crippen molar-refractivity contribution in [1.29, 1.82) is 0 Å². The Morgan fingerprint density at radius 1 is 0.938 bits per heavy atom. The molecule has 1 N–H and O–H groups in total. The second-order valence-electron chi connectivity index (χ2n) is 8.06. The minimum absolute atomic E-state index is 0.0548. The van der Waals surface area contributed by atoms with Gasteiger partial charge in [-0.25, -0.2) is 4.98 Å². The fourth-order valence-electron chi connectivity index (χ4n) is 3.82. The van der Waals surface area contributed by atoms with Crippen LogP contribution < -0.4 is 10.3 Å². The molecule has 1 aromatic heterocycles. The maximum Gasteiger partial charge on any atom is 0.266 e. The van der Waals surface area contributed by atoms with Gasteiger partial charge in [-0.2, -0.15) is 0 Å². The number of hydrogen-bond acceptors (Lipinski definition) is 4. The number of aryl methyl sites for hydroxylation is 2. The van der Waals surface area contributed by atoms with E-state index in [-0.39, 0.29) is 17.4 Å². The smallest absolute Gasteiger partial charge is 0.266 e. The second kappa shape index (κ2) is 8.71. The number of hydrogen-bond donors (Lipinski definition) is 1. The van der Waals surface area contributed by atoms with E-state index in [1.165, 1.54) is 0 Å². The van der Waals surface area contributed by atoms with Crippen molar-refractivity contribution in [2.45, 2.75) is 33.8 Å². The van der Waals surface area contributed by atoms with Crippen molar-refractivity contribution in [2.24, 2.45) is 0 Å². The van der Waals surface area contributed by atoms with E-state index in [0.717, 1.165) is 16.8 Å². The number of aromatic nitrogens is 2. The standard InChI is InChI=1S/C27H26N2O3/c1-17(2)32-23-14-8-11-20(26(23)30)15-16-24-28-22-13-6-5-12-21(22)27(31)29(24)25-18(3)9-7-10-19(25)4/h5-17,30H,1-4H3/b16-15+. The van der Waals surface area contributed by atoms with Crippen LogP contribution in [-0.2, 0) is 0 Å². The Hall–Kier alpha value is -3.86. The average molecular weight is 427 g/mol. The number of phenolic OH excluding ortho intramolecular Hbond substituents is 1. The first-order chi connectivity index (χ1) is 15.4. The molecule has 0 aliphatic rings. The lowest BCUT2D eigenvalue weighted by Crippen LogP contribution is -2.23. The number of rotatable bonds is 5. The van der Waals surface area contributed by atoms with E-state index in [2.05, 4.69) is 0 Å². The molecule has 0 spiro atoms. The molecular weight excluding hydrogens is 400 g/mol. The van der Waals surface area contributed by atoms with Gasteiger partial charge in [-0.3, -0.25) is 9.36 Å². The first-order valence-electron chi connectivity index (χ1n) is 10.6. The number of phenols is 1. The van der Waals surface area contributed by atoms with Crippen LogP contribution in [0.3, 0.4) is 0 Å². The van der Waals surface area contributed by atoms with Crippen LogP contribution in [0.2, 0.25) is 0 Å². The van der Waals surface area contributed by atoms with Crippen molar-refractivity contribution < 1.29 is 9.84 Å². The minimum Gasteiger partial charge on any atom is -0.504 e. The van der Waals surface area contributed by atoms with Gasteiger partial charge in [0.15, 0.2) is 11.5 Å². The Bertz CT molecular complexity index is 1360. The van der Waals surface area contributed by atoms with Crippen molar-refractivity contribution in [1.82, 2.24) is 9.55 Å². The van der Waals surface area contributed by atoms with E-state index in [1.54, 1.807) is 34.9 Å². The van der Waals surface area contributed by atoms with Crippen LogP contribution in [0.1, 0.15) is 36.4 Å². The monoisotopic (exact) mass is 426 g/mol. The maximum absolute atomic E-state index is 13.5. The molecule has 0 aliphatic carbocycles.